The van der Waals surface area contributed by atoms with Gasteiger partial charge in [-0.25, -0.2) is 0 Å². The lowest BCUT2D eigenvalue weighted by Gasteiger charge is -2.30. The monoisotopic (exact) mass is 457 g/mol. The molecule has 7 heteroatoms. The van der Waals surface area contributed by atoms with Gasteiger partial charge in [0.25, 0.3) is 0 Å². The van der Waals surface area contributed by atoms with Crippen molar-refractivity contribution in [1.29, 1.82) is 0 Å². The third-order valence-electron chi connectivity index (χ3n) is 6.26. The van der Waals surface area contributed by atoms with Crippen molar-refractivity contribution in [2.24, 2.45) is 0 Å². The van der Waals surface area contributed by atoms with Crippen LogP contribution in [0.15, 0.2) is 54.3 Å². The average molecular weight is 457 g/mol. The van der Waals surface area contributed by atoms with Crippen LogP contribution in [0.3, 0.4) is 0 Å². The van der Waals surface area contributed by atoms with E-state index >= 15 is 0 Å². The summed E-state index contributed by atoms with van der Waals surface area (Å²) in [5.74, 6) is 3.68. The van der Waals surface area contributed by atoms with E-state index in [0.29, 0.717) is 36.9 Å². The molecule has 0 spiro atoms. The van der Waals surface area contributed by atoms with Gasteiger partial charge in [-0.15, -0.1) is 0 Å². The van der Waals surface area contributed by atoms with Gasteiger partial charge in [0.15, 0.2) is 17.3 Å². The van der Waals surface area contributed by atoms with Crippen LogP contribution < -0.4 is 23.7 Å². The summed E-state index contributed by atoms with van der Waals surface area (Å²) in [5, 5.41) is 0. The molecule has 3 aliphatic heterocycles. The Labute approximate surface area is 197 Å². The fourth-order valence-electron chi connectivity index (χ4n) is 4.60. The zero-order valence-electron chi connectivity index (χ0n) is 18.9. The number of nitrogens with zero attached hydrogens (tertiary/aromatic N) is 1. The second-order valence-electron chi connectivity index (χ2n) is 8.50. The Morgan fingerprint density at radius 3 is 2.76 bits per heavy atom. The van der Waals surface area contributed by atoms with E-state index in [1.807, 2.05) is 55.5 Å². The molecule has 6 rings (SSSR count). The number of ether oxygens (including phenoxy) is 5. The van der Waals surface area contributed by atoms with Gasteiger partial charge in [-0.1, -0.05) is 24.3 Å². The summed E-state index contributed by atoms with van der Waals surface area (Å²) in [6, 6.07) is 15.4. The van der Waals surface area contributed by atoms with Crippen LogP contribution in [-0.4, -0.2) is 31.3 Å². The summed E-state index contributed by atoms with van der Waals surface area (Å²) < 4.78 is 28.6. The van der Waals surface area contributed by atoms with Gasteiger partial charge in [0.05, 0.1) is 18.2 Å². The fourth-order valence-corrected chi connectivity index (χ4v) is 4.60. The lowest BCUT2D eigenvalue weighted by atomic mass is 9.98. The largest absolute Gasteiger partial charge is 0.496 e. The highest BCUT2D eigenvalue weighted by Gasteiger charge is 2.35. The molecule has 0 aromatic heterocycles. The number of benzene rings is 3. The van der Waals surface area contributed by atoms with E-state index in [1.54, 1.807) is 13.2 Å². The number of methoxy groups -OCH3 is 1. The van der Waals surface area contributed by atoms with Crippen LogP contribution in [0, 0.1) is 6.92 Å². The standard InChI is InChI=1S/C27H23NO6/c1-16-9-22-19(13-28(14-31-22)12-17-7-8-21-23(10-17)33-15-32-21)27-25(16)26(29)24(34-27)11-18-5-3-4-6-20(18)30-2/h3-11H,12-15H2,1-2H3/b24-11-. The Kier molecular flexibility index (Phi) is 4.92. The maximum Gasteiger partial charge on any atom is 0.232 e. The zero-order chi connectivity index (χ0) is 23.2. The second kappa shape index (κ2) is 8.11. The summed E-state index contributed by atoms with van der Waals surface area (Å²) in [6.07, 6.45) is 1.74. The first-order valence-corrected chi connectivity index (χ1v) is 11.1. The molecule has 3 heterocycles. The highest BCUT2D eigenvalue weighted by Crippen LogP contribution is 2.44. The lowest BCUT2D eigenvalue weighted by molar-refractivity contribution is 0.0871. The normalized spacial score (nSPS) is 17.2. The molecule has 0 saturated heterocycles. The van der Waals surface area contributed by atoms with Crippen LogP contribution in [0.1, 0.15) is 32.6 Å². The Morgan fingerprint density at radius 2 is 1.88 bits per heavy atom. The van der Waals surface area contributed by atoms with Crippen LogP contribution in [0.25, 0.3) is 6.08 Å². The summed E-state index contributed by atoms with van der Waals surface area (Å²) in [7, 11) is 1.61. The molecular weight excluding hydrogens is 434 g/mol. The lowest BCUT2D eigenvalue weighted by Crippen LogP contribution is -2.31. The molecule has 3 aromatic rings. The van der Waals surface area contributed by atoms with Crippen LogP contribution in [0.5, 0.6) is 28.7 Å². The molecule has 0 bridgehead atoms. The number of fused-ring (bicyclic) bond motifs is 4. The average Bonchev–Trinajstić information content (AvgIpc) is 3.44. The molecule has 0 radical (unpaired) electrons. The Morgan fingerprint density at radius 1 is 1.03 bits per heavy atom. The van der Waals surface area contributed by atoms with Gasteiger partial charge in [-0.05, 0) is 48.4 Å². The molecule has 0 aliphatic carbocycles. The van der Waals surface area contributed by atoms with Gasteiger partial charge in [-0.3, -0.25) is 9.69 Å². The molecule has 0 unspecified atom stereocenters. The first-order valence-electron chi connectivity index (χ1n) is 11.1. The number of ketones is 1. The molecule has 0 atom stereocenters. The minimum Gasteiger partial charge on any atom is -0.496 e. The highest BCUT2D eigenvalue weighted by atomic mass is 16.7. The van der Waals surface area contributed by atoms with Crippen molar-refractivity contribution >= 4 is 11.9 Å². The van der Waals surface area contributed by atoms with E-state index in [4.69, 9.17) is 23.7 Å². The first kappa shape index (κ1) is 20.6. The van der Waals surface area contributed by atoms with Crippen LogP contribution in [-0.2, 0) is 13.1 Å². The summed E-state index contributed by atoms with van der Waals surface area (Å²) in [4.78, 5) is 15.4. The van der Waals surface area contributed by atoms with Crippen LogP contribution in [0.2, 0.25) is 0 Å². The fraction of sp³-hybridized carbons (Fsp3) is 0.222. The van der Waals surface area contributed by atoms with Gasteiger partial charge < -0.3 is 23.7 Å². The maximum absolute atomic E-state index is 13.3. The first-order chi connectivity index (χ1) is 16.6. The number of carbonyl (C=O) groups is 1. The minimum absolute atomic E-state index is 0.130. The van der Waals surface area contributed by atoms with E-state index in [2.05, 4.69) is 4.90 Å². The quantitative estimate of drug-likeness (QED) is 0.526. The summed E-state index contributed by atoms with van der Waals surface area (Å²) in [5.41, 5.74) is 4.19. The van der Waals surface area contributed by atoms with Gasteiger partial charge in [0.2, 0.25) is 12.6 Å². The van der Waals surface area contributed by atoms with Crippen molar-refractivity contribution < 1.29 is 28.5 Å². The van der Waals surface area contributed by atoms with Crippen LogP contribution in [0.4, 0.5) is 0 Å². The summed E-state index contributed by atoms with van der Waals surface area (Å²) in [6.45, 7) is 3.87. The van der Waals surface area contributed by atoms with Crippen LogP contribution >= 0.6 is 0 Å². The minimum atomic E-state index is -0.130. The molecule has 0 saturated carbocycles. The molecule has 0 N–H and O–H groups in total. The van der Waals surface area contributed by atoms with Crippen molar-refractivity contribution in [3.63, 3.8) is 0 Å². The molecule has 0 amide bonds. The molecule has 3 aromatic carbocycles. The van der Waals surface area contributed by atoms with Gasteiger partial charge in [-0.2, -0.15) is 0 Å². The third-order valence-corrected chi connectivity index (χ3v) is 6.26. The maximum atomic E-state index is 13.3. The molecule has 0 fully saturated rings. The number of rotatable bonds is 4. The van der Waals surface area contributed by atoms with E-state index in [0.717, 1.165) is 39.5 Å². The van der Waals surface area contributed by atoms with E-state index in [1.165, 1.54) is 0 Å². The summed E-state index contributed by atoms with van der Waals surface area (Å²) >= 11 is 0. The van der Waals surface area contributed by atoms with Crippen molar-refractivity contribution in [2.75, 3.05) is 20.6 Å². The molecule has 3 aliphatic rings. The SMILES string of the molecule is COc1ccccc1/C=C1\Oc2c3c(cc(C)c2C1=O)OCN(Cc1ccc2c(c1)OCO2)C3. The van der Waals surface area contributed by atoms with Gasteiger partial charge >= 0.3 is 0 Å². The number of aryl methyl sites for hydroxylation is 1. The molecule has 7 nitrogen and oxygen atoms in total. The number of hydrogen-bond acceptors (Lipinski definition) is 7. The van der Waals surface area contributed by atoms with Crippen molar-refractivity contribution in [1.82, 2.24) is 4.90 Å². The van der Waals surface area contributed by atoms with E-state index in [9.17, 15) is 4.79 Å². The molecular formula is C27H23NO6. The number of Topliss-reactive ketones (excluding diaryl/α,β-unsaturated/α-hetero) is 1. The Hall–Kier alpha value is -3.97. The highest BCUT2D eigenvalue weighted by molar-refractivity contribution is 6.16. The number of allylic oxidation sites excluding steroid dienone is 1. The predicted octanol–water partition coefficient (Wildman–Crippen LogP) is 4.70. The zero-order valence-corrected chi connectivity index (χ0v) is 18.9. The Bertz CT molecular complexity index is 1350. The number of hydrogen-bond donors (Lipinski definition) is 0. The van der Waals surface area contributed by atoms with Crippen molar-refractivity contribution in [3.05, 3.63) is 82.1 Å². The van der Waals surface area contributed by atoms with E-state index < -0.39 is 0 Å². The molecule has 34 heavy (non-hydrogen) atoms. The predicted molar refractivity (Wildman–Crippen MR) is 124 cm³/mol. The molecule has 172 valence electrons. The smallest absolute Gasteiger partial charge is 0.232 e. The van der Waals surface area contributed by atoms with E-state index in [-0.39, 0.29) is 18.3 Å². The third kappa shape index (κ3) is 3.45. The van der Waals surface area contributed by atoms with Gasteiger partial charge in [0.1, 0.15) is 24.0 Å². The van der Waals surface area contributed by atoms with Crippen molar-refractivity contribution in [3.8, 4) is 28.7 Å². The second-order valence-corrected chi connectivity index (χ2v) is 8.50. The van der Waals surface area contributed by atoms with Gasteiger partial charge in [0, 0.05) is 18.7 Å². The Balaban J connectivity index is 1.30. The van der Waals surface area contributed by atoms with Crippen molar-refractivity contribution in [2.45, 2.75) is 20.0 Å². The topological polar surface area (TPSA) is 66.5 Å². The number of carbonyl (C=O) groups excluding carboxylic acids is 1. The number of para-hydroxylation sites is 1.